The summed E-state index contributed by atoms with van der Waals surface area (Å²) < 4.78 is 10.8. The number of rotatable bonds is 3. The van der Waals surface area contributed by atoms with Crippen molar-refractivity contribution in [1.29, 1.82) is 0 Å². The highest BCUT2D eigenvalue weighted by molar-refractivity contribution is 5.79. The van der Waals surface area contributed by atoms with Crippen LogP contribution >= 0.6 is 0 Å². The summed E-state index contributed by atoms with van der Waals surface area (Å²) in [5.74, 6) is 1.29. The van der Waals surface area contributed by atoms with Gasteiger partial charge in [0, 0.05) is 17.6 Å². The highest BCUT2D eigenvalue weighted by atomic mass is 16.5. The number of benzene rings is 2. The SMILES string of the molecule is COc1ccccc1Oc1ncc2ccc(O)cc2n1. The molecule has 3 rings (SSSR count). The van der Waals surface area contributed by atoms with Crippen molar-refractivity contribution in [2.75, 3.05) is 7.11 Å². The molecule has 0 aliphatic rings. The maximum atomic E-state index is 9.47. The van der Waals surface area contributed by atoms with Gasteiger partial charge in [-0.3, -0.25) is 0 Å². The molecule has 5 heteroatoms. The summed E-state index contributed by atoms with van der Waals surface area (Å²) in [6.45, 7) is 0. The summed E-state index contributed by atoms with van der Waals surface area (Å²) in [6, 6.07) is 12.4. The molecule has 0 saturated carbocycles. The highest BCUT2D eigenvalue weighted by Gasteiger charge is 2.07. The lowest BCUT2D eigenvalue weighted by molar-refractivity contribution is 0.368. The van der Waals surface area contributed by atoms with E-state index in [0.29, 0.717) is 17.0 Å². The minimum Gasteiger partial charge on any atom is -0.508 e. The van der Waals surface area contributed by atoms with Gasteiger partial charge in [0.25, 0.3) is 0 Å². The third kappa shape index (κ3) is 2.33. The third-order valence-electron chi connectivity index (χ3n) is 2.81. The molecule has 0 atom stereocenters. The fraction of sp³-hybridized carbons (Fsp3) is 0.0667. The van der Waals surface area contributed by atoms with Crippen LogP contribution in [0.5, 0.6) is 23.3 Å². The molecule has 5 nitrogen and oxygen atoms in total. The molecule has 0 spiro atoms. The minimum absolute atomic E-state index is 0.152. The Kier molecular flexibility index (Phi) is 3.09. The molecular weight excluding hydrogens is 256 g/mol. The third-order valence-corrected chi connectivity index (χ3v) is 2.81. The van der Waals surface area contributed by atoms with Crippen molar-refractivity contribution in [3.05, 3.63) is 48.7 Å². The van der Waals surface area contributed by atoms with Crippen molar-refractivity contribution in [1.82, 2.24) is 9.97 Å². The zero-order valence-corrected chi connectivity index (χ0v) is 10.8. The minimum atomic E-state index is 0.152. The van der Waals surface area contributed by atoms with Crippen LogP contribution in [0.15, 0.2) is 48.7 Å². The van der Waals surface area contributed by atoms with Crippen LogP contribution in [0.25, 0.3) is 10.9 Å². The quantitative estimate of drug-likeness (QED) is 0.790. The molecule has 20 heavy (non-hydrogen) atoms. The molecule has 0 aliphatic heterocycles. The van der Waals surface area contributed by atoms with Crippen molar-refractivity contribution >= 4 is 10.9 Å². The fourth-order valence-corrected chi connectivity index (χ4v) is 1.85. The van der Waals surface area contributed by atoms with Gasteiger partial charge in [-0.15, -0.1) is 0 Å². The van der Waals surface area contributed by atoms with Gasteiger partial charge in [-0.05, 0) is 24.3 Å². The molecule has 0 saturated heterocycles. The van der Waals surface area contributed by atoms with E-state index >= 15 is 0 Å². The van der Waals surface area contributed by atoms with E-state index in [-0.39, 0.29) is 11.8 Å². The number of ether oxygens (including phenoxy) is 2. The molecule has 0 unspecified atom stereocenters. The van der Waals surface area contributed by atoms with Gasteiger partial charge in [0.15, 0.2) is 11.5 Å². The van der Waals surface area contributed by atoms with Crippen molar-refractivity contribution in [3.63, 3.8) is 0 Å². The van der Waals surface area contributed by atoms with Gasteiger partial charge in [0.05, 0.1) is 12.6 Å². The van der Waals surface area contributed by atoms with Crippen LogP contribution < -0.4 is 9.47 Å². The fourth-order valence-electron chi connectivity index (χ4n) is 1.85. The van der Waals surface area contributed by atoms with Crippen LogP contribution in [-0.2, 0) is 0 Å². The Morgan fingerprint density at radius 1 is 1.05 bits per heavy atom. The molecule has 1 heterocycles. The average molecular weight is 268 g/mol. The molecule has 0 aliphatic carbocycles. The van der Waals surface area contributed by atoms with Gasteiger partial charge in [-0.2, -0.15) is 4.98 Å². The van der Waals surface area contributed by atoms with Crippen LogP contribution in [0.3, 0.4) is 0 Å². The van der Waals surface area contributed by atoms with Crippen LogP contribution in [0.2, 0.25) is 0 Å². The predicted molar refractivity (Wildman–Crippen MR) is 74.3 cm³/mol. The number of para-hydroxylation sites is 2. The predicted octanol–water partition coefficient (Wildman–Crippen LogP) is 3.14. The zero-order chi connectivity index (χ0) is 13.9. The summed E-state index contributed by atoms with van der Waals surface area (Å²) >= 11 is 0. The van der Waals surface area contributed by atoms with Gasteiger partial charge in [0.2, 0.25) is 0 Å². The van der Waals surface area contributed by atoms with E-state index in [4.69, 9.17) is 9.47 Å². The van der Waals surface area contributed by atoms with Gasteiger partial charge in [0.1, 0.15) is 5.75 Å². The Bertz CT molecular complexity index is 759. The summed E-state index contributed by atoms with van der Waals surface area (Å²) in [7, 11) is 1.57. The Morgan fingerprint density at radius 3 is 2.65 bits per heavy atom. The van der Waals surface area contributed by atoms with Gasteiger partial charge < -0.3 is 14.6 Å². The van der Waals surface area contributed by atoms with Crippen LogP contribution in [-0.4, -0.2) is 22.2 Å². The van der Waals surface area contributed by atoms with Gasteiger partial charge in [-0.25, -0.2) is 4.98 Å². The van der Waals surface area contributed by atoms with E-state index < -0.39 is 0 Å². The number of hydrogen-bond donors (Lipinski definition) is 1. The normalized spacial score (nSPS) is 10.4. The molecule has 0 amide bonds. The average Bonchev–Trinajstić information content (AvgIpc) is 2.47. The number of methoxy groups -OCH3 is 1. The standard InChI is InChI=1S/C15H12N2O3/c1-19-13-4-2-3-5-14(13)20-15-16-9-10-6-7-11(18)8-12(10)17-15/h2-9,18H,1H3. The van der Waals surface area contributed by atoms with Crippen molar-refractivity contribution in [2.45, 2.75) is 0 Å². The number of aromatic hydroxyl groups is 1. The summed E-state index contributed by atoms with van der Waals surface area (Å²) in [5.41, 5.74) is 0.616. The number of aromatic nitrogens is 2. The maximum Gasteiger partial charge on any atom is 0.322 e. The molecule has 1 aromatic heterocycles. The second-order valence-corrected chi connectivity index (χ2v) is 4.15. The van der Waals surface area contributed by atoms with Crippen LogP contribution in [0.4, 0.5) is 0 Å². The first-order valence-corrected chi connectivity index (χ1v) is 6.03. The first-order chi connectivity index (χ1) is 9.76. The van der Waals surface area contributed by atoms with E-state index in [9.17, 15) is 5.11 Å². The molecule has 0 fully saturated rings. The summed E-state index contributed by atoms with van der Waals surface area (Å²) in [4.78, 5) is 8.39. The maximum absolute atomic E-state index is 9.47. The summed E-state index contributed by atoms with van der Waals surface area (Å²) in [5, 5.41) is 10.3. The zero-order valence-electron chi connectivity index (χ0n) is 10.8. The first kappa shape index (κ1) is 12.2. The largest absolute Gasteiger partial charge is 0.508 e. The van der Waals surface area contributed by atoms with Crippen molar-refractivity contribution in [2.24, 2.45) is 0 Å². The first-order valence-electron chi connectivity index (χ1n) is 6.03. The lowest BCUT2D eigenvalue weighted by Crippen LogP contribution is -1.94. The van der Waals surface area contributed by atoms with E-state index in [1.54, 1.807) is 43.6 Å². The van der Waals surface area contributed by atoms with Gasteiger partial charge >= 0.3 is 6.01 Å². The molecule has 0 bridgehead atoms. The number of phenolic OH excluding ortho intramolecular Hbond substituents is 1. The second-order valence-electron chi connectivity index (χ2n) is 4.15. The van der Waals surface area contributed by atoms with E-state index in [0.717, 1.165) is 5.39 Å². The van der Waals surface area contributed by atoms with E-state index in [1.165, 1.54) is 0 Å². The smallest absolute Gasteiger partial charge is 0.322 e. The topological polar surface area (TPSA) is 64.5 Å². The second kappa shape index (κ2) is 5.05. The van der Waals surface area contributed by atoms with Gasteiger partial charge in [-0.1, -0.05) is 12.1 Å². The number of hydrogen-bond acceptors (Lipinski definition) is 5. The monoisotopic (exact) mass is 268 g/mol. The Hall–Kier alpha value is -2.82. The number of phenols is 1. The Morgan fingerprint density at radius 2 is 1.85 bits per heavy atom. The molecule has 0 radical (unpaired) electrons. The van der Waals surface area contributed by atoms with Crippen molar-refractivity contribution < 1.29 is 14.6 Å². The molecule has 1 N–H and O–H groups in total. The Balaban J connectivity index is 1.98. The summed E-state index contributed by atoms with van der Waals surface area (Å²) in [6.07, 6.45) is 1.65. The lowest BCUT2D eigenvalue weighted by atomic mass is 10.2. The highest BCUT2D eigenvalue weighted by Crippen LogP contribution is 2.30. The molecule has 3 aromatic rings. The Labute approximate surface area is 115 Å². The lowest BCUT2D eigenvalue weighted by Gasteiger charge is -2.08. The van der Waals surface area contributed by atoms with E-state index in [1.807, 2.05) is 12.1 Å². The molecular formula is C15H12N2O3. The number of fused-ring (bicyclic) bond motifs is 1. The molecule has 100 valence electrons. The van der Waals surface area contributed by atoms with E-state index in [2.05, 4.69) is 9.97 Å². The van der Waals surface area contributed by atoms with Crippen LogP contribution in [0.1, 0.15) is 0 Å². The molecule has 2 aromatic carbocycles. The van der Waals surface area contributed by atoms with Crippen molar-refractivity contribution in [3.8, 4) is 23.3 Å². The van der Waals surface area contributed by atoms with Crippen LogP contribution in [0, 0.1) is 0 Å². The number of nitrogens with zero attached hydrogens (tertiary/aromatic N) is 2.